The number of methoxy groups -OCH3 is 1. The van der Waals surface area contributed by atoms with Crippen molar-refractivity contribution in [2.75, 3.05) is 19.0 Å². The molecule has 0 heterocycles. The molecule has 2 rings (SSSR count). The zero-order valence-electron chi connectivity index (χ0n) is 12.0. The second kappa shape index (κ2) is 7.09. The summed E-state index contributed by atoms with van der Waals surface area (Å²) >= 11 is 5.88. The van der Waals surface area contributed by atoms with E-state index < -0.39 is 0 Å². The third kappa shape index (κ3) is 3.95. The van der Waals surface area contributed by atoms with Crippen LogP contribution in [0.4, 0.5) is 5.69 Å². The van der Waals surface area contributed by atoms with Crippen LogP contribution in [0.2, 0.25) is 5.02 Å². The summed E-state index contributed by atoms with van der Waals surface area (Å²) in [4.78, 5) is 0. The molecule has 0 spiro atoms. The van der Waals surface area contributed by atoms with Gasteiger partial charge in [-0.2, -0.15) is 0 Å². The third-order valence-electron chi connectivity index (χ3n) is 2.97. The predicted molar refractivity (Wildman–Crippen MR) is 84.6 cm³/mol. The first-order chi connectivity index (χ1) is 10.1. The fourth-order valence-corrected chi connectivity index (χ4v) is 2.10. The molecule has 0 aliphatic carbocycles. The molecule has 2 N–H and O–H groups in total. The van der Waals surface area contributed by atoms with Crippen LogP contribution in [0.1, 0.15) is 12.5 Å². The summed E-state index contributed by atoms with van der Waals surface area (Å²) in [7, 11) is 1.62. The smallest absolute Gasteiger partial charge is 0.161 e. The number of halogens is 1. The van der Waals surface area contributed by atoms with Crippen molar-refractivity contribution in [3.8, 4) is 17.2 Å². The monoisotopic (exact) mass is 307 g/mol. The van der Waals surface area contributed by atoms with Gasteiger partial charge in [0.05, 0.1) is 18.7 Å². The Bertz CT molecular complexity index is 616. The van der Waals surface area contributed by atoms with Crippen LogP contribution >= 0.6 is 11.6 Å². The predicted octanol–water partition coefficient (Wildman–Crippen LogP) is 4.07. The van der Waals surface area contributed by atoms with Gasteiger partial charge in [-0.05, 0) is 42.8 Å². The van der Waals surface area contributed by atoms with Crippen LogP contribution in [0, 0.1) is 0 Å². The van der Waals surface area contributed by atoms with Gasteiger partial charge in [-0.25, -0.2) is 0 Å². The van der Waals surface area contributed by atoms with Crippen molar-refractivity contribution in [2.45, 2.75) is 13.5 Å². The zero-order chi connectivity index (χ0) is 15.2. The zero-order valence-corrected chi connectivity index (χ0v) is 12.8. The van der Waals surface area contributed by atoms with Gasteiger partial charge in [0.1, 0.15) is 5.75 Å². The van der Waals surface area contributed by atoms with Gasteiger partial charge >= 0.3 is 0 Å². The van der Waals surface area contributed by atoms with Gasteiger partial charge in [0, 0.05) is 12.2 Å². The molecule has 0 aliphatic rings. The van der Waals surface area contributed by atoms with E-state index in [-0.39, 0.29) is 5.75 Å². The number of phenols is 1. The summed E-state index contributed by atoms with van der Waals surface area (Å²) in [5, 5.41) is 13.0. The molecule has 0 radical (unpaired) electrons. The Hall–Kier alpha value is -2.07. The van der Waals surface area contributed by atoms with E-state index in [9.17, 15) is 5.11 Å². The van der Waals surface area contributed by atoms with Gasteiger partial charge in [0.2, 0.25) is 0 Å². The average molecular weight is 308 g/mol. The Morgan fingerprint density at radius 2 is 1.95 bits per heavy atom. The SMILES string of the molecule is CCOc1cc(CNc2ccc(O)c(Cl)c2)ccc1OC. The van der Waals surface area contributed by atoms with E-state index in [1.807, 2.05) is 25.1 Å². The molecular weight excluding hydrogens is 290 g/mol. The summed E-state index contributed by atoms with van der Waals surface area (Å²) in [6, 6.07) is 10.8. The molecule has 2 aromatic rings. The van der Waals surface area contributed by atoms with Gasteiger partial charge in [-0.1, -0.05) is 17.7 Å². The standard InChI is InChI=1S/C16H18ClNO3/c1-3-21-16-8-11(4-7-15(16)20-2)10-18-12-5-6-14(19)13(17)9-12/h4-9,18-19H,3,10H2,1-2H3. The molecule has 2 aromatic carbocycles. The lowest BCUT2D eigenvalue weighted by atomic mass is 10.2. The highest BCUT2D eigenvalue weighted by atomic mass is 35.5. The van der Waals surface area contributed by atoms with Gasteiger partial charge in [-0.15, -0.1) is 0 Å². The minimum atomic E-state index is 0.0743. The third-order valence-corrected chi connectivity index (χ3v) is 3.27. The first kappa shape index (κ1) is 15.3. The maximum Gasteiger partial charge on any atom is 0.161 e. The number of anilines is 1. The molecule has 0 amide bonds. The minimum Gasteiger partial charge on any atom is -0.506 e. The molecule has 0 aromatic heterocycles. The Balaban J connectivity index is 2.08. The van der Waals surface area contributed by atoms with Crippen molar-refractivity contribution in [3.05, 3.63) is 47.0 Å². The first-order valence-electron chi connectivity index (χ1n) is 6.66. The fraction of sp³-hybridized carbons (Fsp3) is 0.250. The van der Waals surface area contributed by atoms with E-state index in [1.54, 1.807) is 25.3 Å². The molecule has 0 saturated heterocycles. The largest absolute Gasteiger partial charge is 0.506 e. The van der Waals surface area contributed by atoms with Gasteiger partial charge in [0.25, 0.3) is 0 Å². The lowest BCUT2D eigenvalue weighted by molar-refractivity contribution is 0.310. The minimum absolute atomic E-state index is 0.0743. The first-order valence-corrected chi connectivity index (χ1v) is 7.04. The number of nitrogens with one attached hydrogen (secondary N) is 1. The molecule has 0 bridgehead atoms. The molecular formula is C16H18ClNO3. The number of rotatable bonds is 6. The Morgan fingerprint density at radius 1 is 1.14 bits per heavy atom. The second-order valence-electron chi connectivity index (χ2n) is 4.44. The van der Waals surface area contributed by atoms with Crippen molar-refractivity contribution in [1.82, 2.24) is 0 Å². The Morgan fingerprint density at radius 3 is 2.62 bits per heavy atom. The van der Waals surface area contributed by atoms with Gasteiger partial charge < -0.3 is 19.9 Å². The summed E-state index contributed by atoms with van der Waals surface area (Å²) in [6.45, 7) is 3.13. The maximum absolute atomic E-state index is 9.39. The quantitative estimate of drug-likeness (QED) is 0.790. The van der Waals surface area contributed by atoms with E-state index in [1.165, 1.54) is 0 Å². The van der Waals surface area contributed by atoms with E-state index in [0.717, 1.165) is 17.0 Å². The van der Waals surface area contributed by atoms with Crippen molar-refractivity contribution >= 4 is 17.3 Å². The van der Waals surface area contributed by atoms with E-state index in [2.05, 4.69) is 5.32 Å². The molecule has 4 nitrogen and oxygen atoms in total. The summed E-state index contributed by atoms with van der Waals surface area (Å²) in [6.07, 6.45) is 0. The van der Waals surface area contributed by atoms with Crippen LogP contribution in [0.15, 0.2) is 36.4 Å². The molecule has 21 heavy (non-hydrogen) atoms. The second-order valence-corrected chi connectivity index (χ2v) is 4.85. The van der Waals surface area contributed by atoms with Crippen LogP contribution in [0.5, 0.6) is 17.2 Å². The van der Waals surface area contributed by atoms with Crippen LogP contribution in [-0.4, -0.2) is 18.8 Å². The highest BCUT2D eigenvalue weighted by Gasteiger charge is 2.06. The number of benzene rings is 2. The molecule has 0 aliphatic heterocycles. The molecule has 0 unspecified atom stereocenters. The lowest BCUT2D eigenvalue weighted by Crippen LogP contribution is -2.01. The molecule has 0 atom stereocenters. The number of hydrogen-bond acceptors (Lipinski definition) is 4. The van der Waals surface area contributed by atoms with Crippen LogP contribution < -0.4 is 14.8 Å². The molecule has 0 saturated carbocycles. The van der Waals surface area contributed by atoms with Crippen molar-refractivity contribution < 1.29 is 14.6 Å². The van der Waals surface area contributed by atoms with Crippen LogP contribution in [-0.2, 0) is 6.54 Å². The van der Waals surface area contributed by atoms with E-state index in [0.29, 0.717) is 23.9 Å². The van der Waals surface area contributed by atoms with Crippen molar-refractivity contribution in [1.29, 1.82) is 0 Å². The van der Waals surface area contributed by atoms with E-state index >= 15 is 0 Å². The summed E-state index contributed by atoms with van der Waals surface area (Å²) in [5.41, 5.74) is 1.90. The van der Waals surface area contributed by atoms with Crippen LogP contribution in [0.25, 0.3) is 0 Å². The molecule has 5 heteroatoms. The topological polar surface area (TPSA) is 50.7 Å². The fourth-order valence-electron chi connectivity index (χ4n) is 1.92. The lowest BCUT2D eigenvalue weighted by Gasteiger charge is -2.12. The normalized spacial score (nSPS) is 10.2. The highest BCUT2D eigenvalue weighted by molar-refractivity contribution is 6.32. The number of ether oxygens (including phenoxy) is 2. The Labute approximate surface area is 129 Å². The Kier molecular flexibility index (Phi) is 5.17. The maximum atomic E-state index is 9.39. The van der Waals surface area contributed by atoms with Gasteiger partial charge in [-0.3, -0.25) is 0 Å². The average Bonchev–Trinajstić information content (AvgIpc) is 2.49. The van der Waals surface area contributed by atoms with Gasteiger partial charge in [0.15, 0.2) is 11.5 Å². The molecule has 0 fully saturated rings. The van der Waals surface area contributed by atoms with Crippen LogP contribution in [0.3, 0.4) is 0 Å². The molecule has 112 valence electrons. The number of hydrogen-bond donors (Lipinski definition) is 2. The van der Waals surface area contributed by atoms with Crippen molar-refractivity contribution in [3.63, 3.8) is 0 Å². The van der Waals surface area contributed by atoms with E-state index in [4.69, 9.17) is 21.1 Å². The van der Waals surface area contributed by atoms with Crippen molar-refractivity contribution in [2.24, 2.45) is 0 Å². The summed E-state index contributed by atoms with van der Waals surface area (Å²) in [5.74, 6) is 1.52. The number of aromatic hydroxyl groups is 1. The number of phenolic OH excluding ortho intramolecular Hbond substituents is 1. The summed E-state index contributed by atoms with van der Waals surface area (Å²) < 4.78 is 10.8. The highest BCUT2D eigenvalue weighted by Crippen LogP contribution is 2.29.